The molecule has 30 heavy (non-hydrogen) atoms. The molecule has 2 N–H and O–H groups in total. The lowest BCUT2D eigenvalue weighted by molar-refractivity contribution is -0.119. The van der Waals surface area contributed by atoms with Crippen LogP contribution < -0.4 is 10.6 Å². The molecule has 0 aliphatic rings. The Morgan fingerprint density at radius 3 is 2.00 bits per heavy atom. The molecule has 1 heterocycles. The highest BCUT2D eigenvalue weighted by Gasteiger charge is 2.23. The van der Waals surface area contributed by atoms with E-state index in [-0.39, 0.29) is 18.2 Å². The second kappa shape index (κ2) is 8.95. The van der Waals surface area contributed by atoms with Gasteiger partial charge in [0, 0.05) is 22.6 Å². The second-order valence-corrected chi connectivity index (χ2v) is 7.61. The van der Waals surface area contributed by atoms with Crippen LogP contribution in [0.5, 0.6) is 0 Å². The minimum Gasteiger partial charge on any atom is -0.326 e. The predicted molar refractivity (Wildman–Crippen MR) is 120 cm³/mol. The molecule has 1 atom stereocenters. The molecule has 0 saturated carbocycles. The molecule has 2 amide bonds. The van der Waals surface area contributed by atoms with Gasteiger partial charge in [-0.15, -0.1) is 0 Å². The van der Waals surface area contributed by atoms with Crippen molar-refractivity contribution >= 4 is 23.2 Å². The van der Waals surface area contributed by atoms with Gasteiger partial charge in [0.15, 0.2) is 0 Å². The van der Waals surface area contributed by atoms with Gasteiger partial charge in [0.25, 0.3) is 0 Å². The SMILES string of the molecule is Cc1ccccc1NC(=O)Cc1c(C)nn(C(C)C(=O)Nc2ccccc2C)c1C. The Balaban J connectivity index is 1.74. The van der Waals surface area contributed by atoms with Crippen molar-refractivity contribution in [1.82, 2.24) is 9.78 Å². The second-order valence-electron chi connectivity index (χ2n) is 7.61. The number of nitrogens with one attached hydrogen (secondary N) is 2. The molecule has 3 aromatic rings. The summed E-state index contributed by atoms with van der Waals surface area (Å²) in [5.41, 5.74) is 6.01. The zero-order valence-corrected chi connectivity index (χ0v) is 18.1. The normalized spacial score (nSPS) is 11.8. The van der Waals surface area contributed by atoms with Gasteiger partial charge in [-0.1, -0.05) is 36.4 Å². The van der Waals surface area contributed by atoms with E-state index in [2.05, 4.69) is 15.7 Å². The number of benzene rings is 2. The number of para-hydroxylation sites is 2. The molecule has 1 aromatic heterocycles. The zero-order valence-electron chi connectivity index (χ0n) is 18.1. The van der Waals surface area contributed by atoms with Gasteiger partial charge < -0.3 is 10.6 Å². The fraction of sp³-hybridized carbons (Fsp3) is 0.292. The Morgan fingerprint density at radius 2 is 1.43 bits per heavy atom. The molecule has 0 saturated heterocycles. The van der Waals surface area contributed by atoms with Crippen LogP contribution in [0.2, 0.25) is 0 Å². The fourth-order valence-corrected chi connectivity index (χ4v) is 3.46. The number of aromatic nitrogens is 2. The molecule has 3 rings (SSSR count). The minimum atomic E-state index is -0.503. The molecule has 2 aromatic carbocycles. The van der Waals surface area contributed by atoms with Crippen LogP contribution >= 0.6 is 0 Å². The van der Waals surface area contributed by atoms with Crippen LogP contribution in [0.15, 0.2) is 48.5 Å². The summed E-state index contributed by atoms with van der Waals surface area (Å²) in [5, 5.41) is 10.5. The van der Waals surface area contributed by atoms with Crippen LogP contribution in [-0.4, -0.2) is 21.6 Å². The third-order valence-corrected chi connectivity index (χ3v) is 5.38. The van der Waals surface area contributed by atoms with Crippen molar-refractivity contribution in [3.8, 4) is 0 Å². The van der Waals surface area contributed by atoms with Crippen molar-refractivity contribution in [2.45, 2.75) is 47.1 Å². The van der Waals surface area contributed by atoms with Gasteiger partial charge in [-0.05, 0) is 57.9 Å². The van der Waals surface area contributed by atoms with Gasteiger partial charge in [-0.25, -0.2) is 0 Å². The van der Waals surface area contributed by atoms with Gasteiger partial charge in [0.1, 0.15) is 6.04 Å². The third kappa shape index (κ3) is 4.59. The van der Waals surface area contributed by atoms with Crippen LogP contribution in [0.4, 0.5) is 11.4 Å². The molecule has 0 aliphatic carbocycles. The number of hydrogen-bond acceptors (Lipinski definition) is 3. The van der Waals surface area contributed by atoms with E-state index < -0.39 is 6.04 Å². The Bertz CT molecular complexity index is 1080. The Morgan fingerprint density at radius 1 is 0.900 bits per heavy atom. The van der Waals surface area contributed by atoms with Crippen molar-refractivity contribution in [3.05, 3.63) is 76.6 Å². The number of carbonyl (C=O) groups is 2. The standard InChI is InChI=1S/C24H28N4O2/c1-15-10-6-8-12-21(15)25-23(29)14-20-17(3)27-28(18(20)4)19(5)24(30)26-22-13-9-7-11-16(22)2/h6-13,19H,14H2,1-5H3,(H,25,29)(H,26,30). The molecule has 0 fully saturated rings. The summed E-state index contributed by atoms with van der Waals surface area (Å²) >= 11 is 0. The Labute approximate surface area is 177 Å². The largest absolute Gasteiger partial charge is 0.326 e. The number of hydrogen-bond donors (Lipinski definition) is 2. The van der Waals surface area contributed by atoms with E-state index >= 15 is 0 Å². The Hall–Kier alpha value is -3.41. The number of nitrogens with zero attached hydrogens (tertiary/aromatic N) is 2. The Kier molecular flexibility index (Phi) is 6.35. The molecule has 156 valence electrons. The lowest BCUT2D eigenvalue weighted by atomic mass is 10.1. The zero-order chi connectivity index (χ0) is 21.8. The van der Waals surface area contributed by atoms with Gasteiger partial charge >= 0.3 is 0 Å². The van der Waals surface area contributed by atoms with E-state index in [4.69, 9.17) is 0 Å². The molecular formula is C24H28N4O2. The molecule has 6 heteroatoms. The molecule has 6 nitrogen and oxygen atoms in total. The minimum absolute atomic E-state index is 0.105. The van der Waals surface area contributed by atoms with Crippen molar-refractivity contribution < 1.29 is 9.59 Å². The lowest BCUT2D eigenvalue weighted by Crippen LogP contribution is -2.25. The number of anilines is 2. The van der Waals surface area contributed by atoms with Crippen LogP contribution in [0.1, 0.15) is 41.0 Å². The van der Waals surface area contributed by atoms with Crippen LogP contribution in [0.3, 0.4) is 0 Å². The van der Waals surface area contributed by atoms with E-state index in [0.717, 1.165) is 39.5 Å². The first-order valence-corrected chi connectivity index (χ1v) is 10.0. The summed E-state index contributed by atoms with van der Waals surface area (Å²) in [7, 11) is 0. The predicted octanol–water partition coefficient (Wildman–Crippen LogP) is 4.50. The molecule has 0 bridgehead atoms. The highest BCUT2D eigenvalue weighted by molar-refractivity contribution is 5.94. The molecule has 1 unspecified atom stereocenters. The van der Waals surface area contributed by atoms with E-state index in [0.29, 0.717) is 0 Å². The third-order valence-electron chi connectivity index (χ3n) is 5.38. The molecule has 0 aliphatic heterocycles. The van der Waals surface area contributed by atoms with Gasteiger partial charge in [0.05, 0.1) is 12.1 Å². The summed E-state index contributed by atoms with van der Waals surface area (Å²) in [6.07, 6.45) is 0.206. The van der Waals surface area contributed by atoms with Gasteiger partial charge in [-0.3, -0.25) is 14.3 Å². The van der Waals surface area contributed by atoms with E-state index in [1.807, 2.05) is 83.1 Å². The topological polar surface area (TPSA) is 76.0 Å². The summed E-state index contributed by atoms with van der Waals surface area (Å²) in [6.45, 7) is 9.48. The molecular weight excluding hydrogens is 376 g/mol. The number of rotatable bonds is 6. The maximum atomic E-state index is 12.8. The van der Waals surface area contributed by atoms with Crippen molar-refractivity contribution in [2.75, 3.05) is 10.6 Å². The van der Waals surface area contributed by atoms with Gasteiger partial charge in [-0.2, -0.15) is 5.10 Å². The maximum absolute atomic E-state index is 12.8. The number of amides is 2. The lowest BCUT2D eigenvalue weighted by Gasteiger charge is -2.16. The van der Waals surface area contributed by atoms with Crippen LogP contribution in [0.25, 0.3) is 0 Å². The van der Waals surface area contributed by atoms with Crippen LogP contribution in [0, 0.1) is 27.7 Å². The summed E-state index contributed by atoms with van der Waals surface area (Å²) in [5.74, 6) is -0.252. The van der Waals surface area contributed by atoms with Gasteiger partial charge in [0.2, 0.25) is 11.8 Å². The van der Waals surface area contributed by atoms with Crippen molar-refractivity contribution in [1.29, 1.82) is 0 Å². The monoisotopic (exact) mass is 404 g/mol. The average Bonchev–Trinajstić information content (AvgIpc) is 2.99. The van der Waals surface area contributed by atoms with Crippen molar-refractivity contribution in [3.63, 3.8) is 0 Å². The van der Waals surface area contributed by atoms with Crippen molar-refractivity contribution in [2.24, 2.45) is 0 Å². The summed E-state index contributed by atoms with van der Waals surface area (Å²) in [4.78, 5) is 25.4. The average molecular weight is 405 g/mol. The molecule has 0 radical (unpaired) electrons. The highest BCUT2D eigenvalue weighted by Crippen LogP contribution is 2.21. The van der Waals surface area contributed by atoms with E-state index in [1.54, 1.807) is 4.68 Å². The first-order chi connectivity index (χ1) is 14.3. The fourth-order valence-electron chi connectivity index (χ4n) is 3.46. The van der Waals surface area contributed by atoms with E-state index in [9.17, 15) is 9.59 Å². The first-order valence-electron chi connectivity index (χ1n) is 10.0. The summed E-state index contributed by atoms with van der Waals surface area (Å²) in [6, 6.07) is 14.8. The quantitative estimate of drug-likeness (QED) is 0.635. The number of aryl methyl sites for hydroxylation is 3. The van der Waals surface area contributed by atoms with Crippen LogP contribution in [-0.2, 0) is 16.0 Å². The smallest absolute Gasteiger partial charge is 0.248 e. The maximum Gasteiger partial charge on any atom is 0.248 e. The van der Waals surface area contributed by atoms with E-state index in [1.165, 1.54) is 0 Å². The first kappa shape index (κ1) is 21.3. The molecule has 0 spiro atoms. The number of carbonyl (C=O) groups excluding carboxylic acids is 2. The summed E-state index contributed by atoms with van der Waals surface area (Å²) < 4.78 is 1.69. The highest BCUT2D eigenvalue weighted by atomic mass is 16.2.